The summed E-state index contributed by atoms with van der Waals surface area (Å²) >= 11 is 5.97. The molecule has 1 aromatic heterocycles. The first-order valence-electron chi connectivity index (χ1n) is 9.84. The van der Waals surface area contributed by atoms with Crippen molar-refractivity contribution in [2.75, 3.05) is 11.5 Å². The van der Waals surface area contributed by atoms with Gasteiger partial charge in [-0.15, -0.1) is 0 Å². The lowest BCUT2D eigenvalue weighted by Gasteiger charge is -2.23. The van der Waals surface area contributed by atoms with Crippen molar-refractivity contribution < 1.29 is 23.8 Å². The summed E-state index contributed by atoms with van der Waals surface area (Å²) in [7, 11) is 0. The largest absolute Gasteiger partial charge is 0.507 e. The van der Waals surface area contributed by atoms with Crippen LogP contribution in [0.25, 0.3) is 5.76 Å². The minimum atomic E-state index is -0.910. The third-order valence-electron chi connectivity index (χ3n) is 4.96. The summed E-state index contributed by atoms with van der Waals surface area (Å²) in [5.41, 5.74) is 0.821. The lowest BCUT2D eigenvalue weighted by Crippen LogP contribution is -2.29. The Hall–Kier alpha value is -3.51. The average molecular weight is 438 g/mol. The molecule has 1 aliphatic heterocycles. The lowest BCUT2D eigenvalue weighted by molar-refractivity contribution is -0.132. The number of nitrogens with zero attached hydrogens (tertiary/aromatic N) is 1. The van der Waals surface area contributed by atoms with Crippen LogP contribution in [0.5, 0.6) is 5.75 Å². The van der Waals surface area contributed by atoms with Gasteiger partial charge in [0.05, 0.1) is 18.4 Å². The van der Waals surface area contributed by atoms with E-state index in [1.165, 1.54) is 11.2 Å². The summed E-state index contributed by atoms with van der Waals surface area (Å²) in [6.07, 6.45) is 2.33. The van der Waals surface area contributed by atoms with Crippen LogP contribution in [0.1, 0.15) is 30.7 Å². The molecule has 0 radical (unpaired) electrons. The molecule has 4 rings (SSSR count). The number of anilines is 1. The molecule has 2 aromatic carbocycles. The van der Waals surface area contributed by atoms with Gasteiger partial charge in [-0.3, -0.25) is 14.5 Å². The third-order valence-corrected chi connectivity index (χ3v) is 5.21. The number of ketones is 1. The molecule has 1 aliphatic rings. The van der Waals surface area contributed by atoms with E-state index in [1.54, 1.807) is 60.7 Å². The van der Waals surface area contributed by atoms with Crippen molar-refractivity contribution in [1.29, 1.82) is 0 Å². The van der Waals surface area contributed by atoms with Crippen LogP contribution in [0.3, 0.4) is 0 Å². The van der Waals surface area contributed by atoms with E-state index < -0.39 is 17.7 Å². The summed E-state index contributed by atoms with van der Waals surface area (Å²) in [4.78, 5) is 27.2. The first-order chi connectivity index (χ1) is 15.0. The smallest absolute Gasteiger partial charge is 0.300 e. The first-order valence-corrected chi connectivity index (χ1v) is 10.2. The standard InChI is InChI=1S/C24H20ClNO5/c1-2-13-30-18-11-5-15(6-12-18)22(27)20-21(19-4-3-14-31-19)26(24(29)23(20)28)17-9-7-16(25)8-10-17/h3-12,14,21,27H,2,13H2,1H3/b22-20-. The number of hydrogen-bond donors (Lipinski definition) is 1. The Morgan fingerprint density at radius 3 is 2.42 bits per heavy atom. The van der Waals surface area contributed by atoms with Gasteiger partial charge >= 0.3 is 0 Å². The highest BCUT2D eigenvalue weighted by atomic mass is 35.5. The summed E-state index contributed by atoms with van der Waals surface area (Å²) in [5, 5.41) is 11.5. The highest BCUT2D eigenvalue weighted by Crippen LogP contribution is 2.42. The SMILES string of the molecule is CCCOc1ccc(/C(O)=C2/C(=O)C(=O)N(c3ccc(Cl)cc3)C2c2ccco2)cc1. The van der Waals surface area contributed by atoms with E-state index in [9.17, 15) is 14.7 Å². The van der Waals surface area contributed by atoms with Crippen LogP contribution >= 0.6 is 11.6 Å². The summed E-state index contributed by atoms with van der Waals surface area (Å²) in [5.74, 6) is -0.812. The molecule has 158 valence electrons. The maximum Gasteiger partial charge on any atom is 0.300 e. The van der Waals surface area contributed by atoms with E-state index in [0.717, 1.165) is 6.42 Å². The molecule has 3 aromatic rings. The number of aliphatic hydroxyl groups is 1. The van der Waals surface area contributed by atoms with Crippen LogP contribution in [0.2, 0.25) is 5.02 Å². The quantitative estimate of drug-likeness (QED) is 0.319. The zero-order valence-electron chi connectivity index (χ0n) is 16.7. The van der Waals surface area contributed by atoms with Gasteiger partial charge < -0.3 is 14.3 Å². The molecular weight excluding hydrogens is 418 g/mol. The van der Waals surface area contributed by atoms with Gasteiger partial charge in [-0.1, -0.05) is 18.5 Å². The second kappa shape index (κ2) is 8.70. The topological polar surface area (TPSA) is 80.0 Å². The number of carbonyl (C=O) groups is 2. The zero-order valence-corrected chi connectivity index (χ0v) is 17.5. The summed E-state index contributed by atoms with van der Waals surface area (Å²) in [6, 6.07) is 15.7. The van der Waals surface area contributed by atoms with Crippen molar-refractivity contribution in [2.45, 2.75) is 19.4 Å². The van der Waals surface area contributed by atoms with E-state index in [4.69, 9.17) is 20.8 Å². The Balaban J connectivity index is 1.80. The molecule has 0 saturated carbocycles. The van der Waals surface area contributed by atoms with Gasteiger partial charge in [0.2, 0.25) is 0 Å². The van der Waals surface area contributed by atoms with Crippen molar-refractivity contribution in [1.82, 2.24) is 0 Å². The van der Waals surface area contributed by atoms with Crippen LogP contribution < -0.4 is 9.64 Å². The second-order valence-corrected chi connectivity index (χ2v) is 7.47. The highest BCUT2D eigenvalue weighted by Gasteiger charge is 2.48. The summed E-state index contributed by atoms with van der Waals surface area (Å²) in [6.45, 7) is 2.59. The zero-order chi connectivity index (χ0) is 22.0. The minimum Gasteiger partial charge on any atom is -0.507 e. The number of amides is 1. The van der Waals surface area contributed by atoms with Crippen LogP contribution in [0.15, 0.2) is 76.9 Å². The molecule has 2 heterocycles. The Kier molecular flexibility index (Phi) is 5.82. The molecule has 0 spiro atoms. The number of halogens is 1. The second-order valence-electron chi connectivity index (χ2n) is 7.03. The molecule has 1 unspecified atom stereocenters. The lowest BCUT2D eigenvalue weighted by atomic mass is 9.99. The molecular formula is C24H20ClNO5. The molecule has 0 bridgehead atoms. The van der Waals surface area contributed by atoms with Gasteiger partial charge in [0.25, 0.3) is 11.7 Å². The summed E-state index contributed by atoms with van der Waals surface area (Å²) < 4.78 is 11.1. The predicted octanol–water partition coefficient (Wildman–Crippen LogP) is 5.35. The highest BCUT2D eigenvalue weighted by molar-refractivity contribution is 6.51. The van der Waals surface area contributed by atoms with E-state index in [2.05, 4.69) is 0 Å². The number of hydrogen-bond acceptors (Lipinski definition) is 5. The van der Waals surface area contributed by atoms with E-state index in [-0.39, 0.29) is 11.3 Å². The van der Waals surface area contributed by atoms with E-state index in [0.29, 0.717) is 34.4 Å². The normalized spacial score (nSPS) is 17.9. The molecule has 1 N–H and O–H groups in total. The number of rotatable bonds is 6. The van der Waals surface area contributed by atoms with Gasteiger partial charge in [0, 0.05) is 16.3 Å². The predicted molar refractivity (Wildman–Crippen MR) is 117 cm³/mol. The van der Waals surface area contributed by atoms with E-state index in [1.807, 2.05) is 6.92 Å². The Bertz CT molecular complexity index is 1120. The number of carbonyl (C=O) groups excluding carboxylic acids is 2. The van der Waals surface area contributed by atoms with Crippen LogP contribution in [-0.2, 0) is 9.59 Å². The molecule has 1 amide bonds. The molecule has 1 saturated heterocycles. The van der Waals surface area contributed by atoms with Crippen molar-refractivity contribution in [3.8, 4) is 5.75 Å². The Morgan fingerprint density at radius 1 is 1.10 bits per heavy atom. The molecule has 31 heavy (non-hydrogen) atoms. The van der Waals surface area contributed by atoms with Crippen molar-refractivity contribution in [3.05, 3.63) is 88.8 Å². The maximum atomic E-state index is 13.0. The van der Waals surface area contributed by atoms with Crippen molar-refractivity contribution in [2.24, 2.45) is 0 Å². The van der Waals surface area contributed by atoms with Crippen LogP contribution in [0, 0.1) is 0 Å². The number of furan rings is 1. The van der Waals surface area contributed by atoms with Gasteiger partial charge in [-0.25, -0.2) is 0 Å². The maximum absolute atomic E-state index is 13.0. The van der Waals surface area contributed by atoms with Gasteiger partial charge in [-0.05, 0) is 67.1 Å². The fourth-order valence-corrected chi connectivity index (χ4v) is 3.63. The minimum absolute atomic E-state index is 0.0443. The fourth-order valence-electron chi connectivity index (χ4n) is 3.50. The molecule has 7 heteroatoms. The molecule has 1 fully saturated rings. The van der Waals surface area contributed by atoms with Gasteiger partial charge in [-0.2, -0.15) is 0 Å². The molecule has 0 aliphatic carbocycles. The number of Topliss-reactive ketones (excluding diaryl/α,β-unsaturated/α-hetero) is 1. The number of ether oxygens (including phenoxy) is 1. The van der Waals surface area contributed by atoms with Crippen LogP contribution in [0.4, 0.5) is 5.69 Å². The monoisotopic (exact) mass is 437 g/mol. The number of benzene rings is 2. The molecule has 1 atom stereocenters. The first kappa shape index (κ1) is 20.8. The van der Waals surface area contributed by atoms with Crippen molar-refractivity contribution in [3.63, 3.8) is 0 Å². The fraction of sp³-hybridized carbons (Fsp3) is 0.167. The molecule has 6 nitrogen and oxygen atoms in total. The van der Waals surface area contributed by atoms with E-state index >= 15 is 0 Å². The number of aliphatic hydroxyl groups excluding tert-OH is 1. The Morgan fingerprint density at radius 2 is 1.81 bits per heavy atom. The van der Waals surface area contributed by atoms with Gasteiger partial charge in [0.1, 0.15) is 23.3 Å². The third kappa shape index (κ3) is 3.94. The van der Waals surface area contributed by atoms with Crippen LogP contribution in [-0.4, -0.2) is 23.4 Å². The average Bonchev–Trinajstić information content (AvgIpc) is 3.40. The van der Waals surface area contributed by atoms with Gasteiger partial charge in [0.15, 0.2) is 0 Å². The van der Waals surface area contributed by atoms with Crippen molar-refractivity contribution >= 4 is 34.7 Å². The Labute approximate surface area is 184 Å².